The molecule has 2 aromatic rings. The number of anilines is 1. The molecule has 7 heteroatoms. The number of thiazole rings is 1. The highest BCUT2D eigenvalue weighted by molar-refractivity contribution is 7.15. The van der Waals surface area contributed by atoms with E-state index >= 15 is 0 Å². The highest BCUT2D eigenvalue weighted by Crippen LogP contribution is 2.30. The molecule has 1 fully saturated rings. The third kappa shape index (κ3) is 2.76. The zero-order valence-corrected chi connectivity index (χ0v) is 13.2. The highest BCUT2D eigenvalue weighted by atomic mass is 32.1. The molecular weight excluding hydrogens is 316 g/mol. The van der Waals surface area contributed by atoms with Crippen molar-refractivity contribution in [1.29, 1.82) is 0 Å². The Morgan fingerprint density at radius 3 is 2.70 bits per heavy atom. The Balaban J connectivity index is 1.47. The monoisotopic (exact) mass is 332 g/mol. The van der Waals surface area contributed by atoms with Gasteiger partial charge in [0.25, 0.3) is 5.91 Å². The fourth-order valence-electron chi connectivity index (χ4n) is 2.64. The molecule has 4 rings (SSSR count). The average Bonchev–Trinajstić information content (AvgIpc) is 2.95. The smallest absolute Gasteiger partial charge is 0.257 e. The van der Waals surface area contributed by atoms with Crippen LogP contribution in [0.3, 0.4) is 0 Å². The van der Waals surface area contributed by atoms with Gasteiger partial charge in [-0.2, -0.15) is 0 Å². The van der Waals surface area contributed by atoms with Crippen LogP contribution in [-0.2, 0) is 28.1 Å². The van der Waals surface area contributed by atoms with Crippen molar-refractivity contribution < 1.29 is 19.4 Å². The summed E-state index contributed by atoms with van der Waals surface area (Å²) in [4.78, 5) is 17.8. The number of benzene rings is 1. The zero-order valence-electron chi connectivity index (χ0n) is 12.4. The van der Waals surface area contributed by atoms with Gasteiger partial charge in [0.05, 0.1) is 37.0 Å². The van der Waals surface area contributed by atoms with Crippen LogP contribution in [-0.4, -0.2) is 35.8 Å². The van der Waals surface area contributed by atoms with Crippen LogP contribution >= 0.6 is 11.3 Å². The largest absolute Gasteiger partial charge is 0.380 e. The molecule has 2 N–H and O–H groups in total. The summed E-state index contributed by atoms with van der Waals surface area (Å²) in [6, 6.07) is 6.94. The van der Waals surface area contributed by atoms with Crippen molar-refractivity contribution in [3.05, 3.63) is 46.0 Å². The van der Waals surface area contributed by atoms with E-state index in [0.717, 1.165) is 22.6 Å². The zero-order chi connectivity index (χ0) is 15.9. The summed E-state index contributed by atoms with van der Waals surface area (Å²) in [6.07, 6.45) is 0.789. The van der Waals surface area contributed by atoms with Crippen molar-refractivity contribution in [3.8, 4) is 0 Å². The first-order valence-electron chi connectivity index (χ1n) is 7.42. The lowest BCUT2D eigenvalue weighted by Gasteiger charge is -2.36. The molecule has 120 valence electrons. The van der Waals surface area contributed by atoms with Crippen LogP contribution in [0.4, 0.5) is 5.13 Å². The first-order chi connectivity index (χ1) is 11.1. The van der Waals surface area contributed by atoms with Crippen LogP contribution in [0.15, 0.2) is 24.3 Å². The van der Waals surface area contributed by atoms with Gasteiger partial charge in [0.1, 0.15) is 5.60 Å². The number of carbonyl (C=O) groups excluding carboxylic acids is 1. The number of ether oxygens (including phenoxy) is 2. The molecule has 0 saturated carbocycles. The lowest BCUT2D eigenvalue weighted by Crippen LogP contribution is -2.46. The molecule has 1 amide bonds. The van der Waals surface area contributed by atoms with Gasteiger partial charge in [0, 0.05) is 12.0 Å². The van der Waals surface area contributed by atoms with Crippen LogP contribution in [0.2, 0.25) is 0 Å². The lowest BCUT2D eigenvalue weighted by molar-refractivity contribution is -0.184. The van der Waals surface area contributed by atoms with E-state index in [0.29, 0.717) is 37.1 Å². The molecule has 1 aromatic heterocycles. The summed E-state index contributed by atoms with van der Waals surface area (Å²) < 4.78 is 10.4. The summed E-state index contributed by atoms with van der Waals surface area (Å²) in [5.41, 5.74) is 1.40. The van der Waals surface area contributed by atoms with Gasteiger partial charge in [-0.25, -0.2) is 4.98 Å². The van der Waals surface area contributed by atoms with E-state index in [2.05, 4.69) is 10.3 Å². The van der Waals surface area contributed by atoms with Crippen molar-refractivity contribution in [2.45, 2.75) is 18.6 Å². The highest BCUT2D eigenvalue weighted by Gasteiger charge is 2.37. The minimum atomic E-state index is -0.913. The Hall–Kier alpha value is -1.80. The second kappa shape index (κ2) is 5.68. The Morgan fingerprint density at radius 2 is 2.04 bits per heavy atom. The maximum Gasteiger partial charge on any atom is 0.257 e. The SMILES string of the molecule is O=C(Nc1nc2c(s1)COCC2)c1ccc(C2(O)COC2)cc1. The molecule has 2 aliphatic rings. The molecule has 0 radical (unpaired) electrons. The number of aliphatic hydroxyl groups is 1. The van der Waals surface area contributed by atoms with Crippen LogP contribution < -0.4 is 5.32 Å². The number of nitrogens with one attached hydrogen (secondary N) is 1. The quantitative estimate of drug-likeness (QED) is 0.894. The lowest BCUT2D eigenvalue weighted by atomic mass is 9.91. The van der Waals surface area contributed by atoms with Gasteiger partial charge in [-0.3, -0.25) is 10.1 Å². The molecule has 1 aromatic carbocycles. The van der Waals surface area contributed by atoms with E-state index in [1.165, 1.54) is 11.3 Å². The molecule has 2 aliphatic heterocycles. The van der Waals surface area contributed by atoms with E-state index in [1.807, 2.05) is 0 Å². The van der Waals surface area contributed by atoms with E-state index < -0.39 is 5.60 Å². The number of aromatic nitrogens is 1. The van der Waals surface area contributed by atoms with Crippen LogP contribution in [0.25, 0.3) is 0 Å². The number of hydrogen-bond donors (Lipinski definition) is 2. The van der Waals surface area contributed by atoms with Crippen LogP contribution in [0, 0.1) is 0 Å². The summed E-state index contributed by atoms with van der Waals surface area (Å²) >= 11 is 1.45. The summed E-state index contributed by atoms with van der Waals surface area (Å²) in [7, 11) is 0. The minimum absolute atomic E-state index is 0.208. The minimum Gasteiger partial charge on any atom is -0.380 e. The Morgan fingerprint density at radius 1 is 1.26 bits per heavy atom. The fourth-order valence-corrected chi connectivity index (χ4v) is 3.58. The molecule has 1 saturated heterocycles. The summed E-state index contributed by atoms with van der Waals surface area (Å²) in [5.74, 6) is -0.208. The van der Waals surface area contributed by atoms with Gasteiger partial charge in [-0.1, -0.05) is 23.5 Å². The van der Waals surface area contributed by atoms with Gasteiger partial charge < -0.3 is 14.6 Å². The number of amides is 1. The fraction of sp³-hybridized carbons (Fsp3) is 0.375. The number of rotatable bonds is 3. The Labute approximate surface area is 137 Å². The first-order valence-corrected chi connectivity index (χ1v) is 8.24. The van der Waals surface area contributed by atoms with Gasteiger partial charge in [0.2, 0.25) is 0 Å². The van der Waals surface area contributed by atoms with E-state index in [9.17, 15) is 9.90 Å². The van der Waals surface area contributed by atoms with Gasteiger partial charge in [-0.15, -0.1) is 0 Å². The Kier molecular flexibility index (Phi) is 3.65. The molecule has 0 spiro atoms. The number of hydrogen-bond acceptors (Lipinski definition) is 6. The molecule has 0 bridgehead atoms. The van der Waals surface area contributed by atoms with Crippen LogP contribution in [0.5, 0.6) is 0 Å². The molecular formula is C16H16N2O4S. The van der Waals surface area contributed by atoms with Gasteiger partial charge in [0.15, 0.2) is 5.13 Å². The molecule has 0 atom stereocenters. The average molecular weight is 332 g/mol. The molecule has 6 nitrogen and oxygen atoms in total. The van der Waals surface area contributed by atoms with Crippen LogP contribution in [0.1, 0.15) is 26.5 Å². The third-order valence-corrected chi connectivity index (χ3v) is 5.07. The molecule has 0 unspecified atom stereocenters. The Bertz CT molecular complexity index is 714. The second-order valence-electron chi connectivity index (χ2n) is 5.75. The van der Waals surface area contributed by atoms with E-state index in [-0.39, 0.29) is 5.91 Å². The predicted molar refractivity (Wildman–Crippen MR) is 84.6 cm³/mol. The summed E-state index contributed by atoms with van der Waals surface area (Å²) in [6.45, 7) is 1.84. The van der Waals surface area contributed by atoms with E-state index in [1.54, 1.807) is 24.3 Å². The molecule has 3 heterocycles. The van der Waals surface area contributed by atoms with Crippen molar-refractivity contribution in [2.24, 2.45) is 0 Å². The summed E-state index contributed by atoms with van der Waals surface area (Å²) in [5, 5.41) is 13.6. The van der Waals surface area contributed by atoms with Crippen molar-refractivity contribution in [3.63, 3.8) is 0 Å². The van der Waals surface area contributed by atoms with Gasteiger partial charge >= 0.3 is 0 Å². The number of fused-ring (bicyclic) bond motifs is 1. The van der Waals surface area contributed by atoms with Gasteiger partial charge in [-0.05, 0) is 17.7 Å². The maximum absolute atomic E-state index is 12.3. The number of carbonyl (C=O) groups is 1. The van der Waals surface area contributed by atoms with Crippen molar-refractivity contribution in [1.82, 2.24) is 4.98 Å². The van der Waals surface area contributed by atoms with E-state index in [4.69, 9.17) is 9.47 Å². The first kappa shape index (κ1) is 14.8. The normalized spacial score (nSPS) is 18.8. The topological polar surface area (TPSA) is 80.7 Å². The maximum atomic E-state index is 12.3. The molecule has 23 heavy (non-hydrogen) atoms. The standard InChI is InChI=1S/C16H16N2O4S/c19-14(18-15-17-12-5-6-21-7-13(12)23-15)10-1-3-11(4-2-10)16(20)8-22-9-16/h1-4,20H,5-9H2,(H,17,18,19). The second-order valence-corrected chi connectivity index (χ2v) is 6.83. The molecule has 0 aliphatic carbocycles. The van der Waals surface area contributed by atoms with Crippen molar-refractivity contribution in [2.75, 3.05) is 25.1 Å². The van der Waals surface area contributed by atoms with Crippen molar-refractivity contribution >= 4 is 22.4 Å². The third-order valence-electron chi connectivity index (χ3n) is 4.08. The predicted octanol–water partition coefficient (Wildman–Crippen LogP) is 1.69. The number of nitrogens with zero attached hydrogens (tertiary/aromatic N) is 1.